The van der Waals surface area contributed by atoms with Crippen LogP contribution in [0.15, 0.2) is 0 Å². The Balaban J connectivity index is 2.33. The third-order valence-electron chi connectivity index (χ3n) is 3.36. The number of rotatable bonds is 5. The molecule has 1 fully saturated rings. The minimum Gasteiger partial charge on any atom is -0.395 e. The van der Waals surface area contributed by atoms with Crippen LogP contribution < -0.4 is 0 Å². The molecule has 0 spiro atoms. The van der Waals surface area contributed by atoms with E-state index < -0.39 is 0 Å². The van der Waals surface area contributed by atoms with Gasteiger partial charge in [-0.1, -0.05) is 26.7 Å². The summed E-state index contributed by atoms with van der Waals surface area (Å²) in [6.07, 6.45) is 5.00. The first-order chi connectivity index (χ1) is 6.31. The number of nitrogens with zero attached hydrogens (tertiary/aromatic N) is 1. The summed E-state index contributed by atoms with van der Waals surface area (Å²) >= 11 is 0. The third-order valence-corrected chi connectivity index (χ3v) is 3.36. The van der Waals surface area contributed by atoms with Crippen molar-refractivity contribution in [3.05, 3.63) is 0 Å². The second-order valence-electron chi connectivity index (χ2n) is 4.16. The number of likely N-dealkylation sites (tertiary alicyclic amines) is 1. The van der Waals surface area contributed by atoms with Crippen LogP contribution in [0.25, 0.3) is 0 Å². The predicted octanol–water partition coefficient (Wildman–Crippen LogP) is 1.88. The third kappa shape index (κ3) is 2.96. The number of aliphatic hydroxyl groups is 1. The number of aliphatic hydroxyl groups excluding tert-OH is 1. The van der Waals surface area contributed by atoms with E-state index in [1.807, 2.05) is 0 Å². The molecule has 13 heavy (non-hydrogen) atoms. The Bertz CT molecular complexity index is 134. The summed E-state index contributed by atoms with van der Waals surface area (Å²) in [5.41, 5.74) is 0. The molecule has 1 N–H and O–H groups in total. The first kappa shape index (κ1) is 11.0. The van der Waals surface area contributed by atoms with E-state index in [9.17, 15) is 0 Å². The van der Waals surface area contributed by atoms with Crippen LogP contribution >= 0.6 is 0 Å². The molecule has 1 aliphatic rings. The fraction of sp³-hybridized carbons (Fsp3) is 1.00. The fourth-order valence-electron chi connectivity index (χ4n) is 2.22. The van der Waals surface area contributed by atoms with E-state index in [-0.39, 0.29) is 0 Å². The molecule has 1 saturated heterocycles. The van der Waals surface area contributed by atoms with E-state index in [1.54, 1.807) is 0 Å². The molecule has 0 saturated carbocycles. The van der Waals surface area contributed by atoms with Crippen molar-refractivity contribution >= 4 is 0 Å². The minimum absolute atomic E-state index is 0.347. The predicted molar refractivity (Wildman–Crippen MR) is 55.8 cm³/mol. The standard InChI is InChI=1S/C11H23NO/c1-3-10(4-2)8-12-7-5-6-11(12)9-13/h10-11,13H,3-9H2,1-2H3. The summed E-state index contributed by atoms with van der Waals surface area (Å²) < 4.78 is 0. The van der Waals surface area contributed by atoms with Crippen molar-refractivity contribution in [2.24, 2.45) is 5.92 Å². The molecule has 0 aromatic rings. The highest BCUT2D eigenvalue weighted by Crippen LogP contribution is 2.20. The van der Waals surface area contributed by atoms with Crippen molar-refractivity contribution in [2.75, 3.05) is 19.7 Å². The topological polar surface area (TPSA) is 23.5 Å². The largest absolute Gasteiger partial charge is 0.395 e. The minimum atomic E-state index is 0.347. The van der Waals surface area contributed by atoms with Crippen LogP contribution in [0.5, 0.6) is 0 Å². The lowest BCUT2D eigenvalue weighted by Gasteiger charge is -2.26. The van der Waals surface area contributed by atoms with E-state index >= 15 is 0 Å². The molecule has 2 nitrogen and oxygen atoms in total. The van der Waals surface area contributed by atoms with Crippen LogP contribution in [0.3, 0.4) is 0 Å². The van der Waals surface area contributed by atoms with Gasteiger partial charge >= 0.3 is 0 Å². The van der Waals surface area contributed by atoms with Gasteiger partial charge in [0.15, 0.2) is 0 Å². The maximum atomic E-state index is 9.15. The van der Waals surface area contributed by atoms with Gasteiger partial charge in [-0.3, -0.25) is 4.90 Å². The Labute approximate surface area is 81.9 Å². The SMILES string of the molecule is CCC(CC)CN1CCCC1CO. The Morgan fingerprint density at radius 3 is 2.62 bits per heavy atom. The van der Waals surface area contributed by atoms with Gasteiger partial charge in [-0.25, -0.2) is 0 Å². The maximum absolute atomic E-state index is 9.15. The van der Waals surface area contributed by atoms with Gasteiger partial charge in [0.25, 0.3) is 0 Å². The second kappa shape index (κ2) is 5.61. The van der Waals surface area contributed by atoms with Crippen molar-refractivity contribution in [1.82, 2.24) is 4.90 Å². The summed E-state index contributed by atoms with van der Waals surface area (Å²) in [6.45, 7) is 7.26. The molecule has 0 radical (unpaired) electrons. The summed E-state index contributed by atoms with van der Waals surface area (Å²) in [7, 11) is 0. The first-order valence-corrected chi connectivity index (χ1v) is 5.66. The Hall–Kier alpha value is -0.0800. The molecule has 0 bridgehead atoms. The van der Waals surface area contributed by atoms with Crippen molar-refractivity contribution in [3.63, 3.8) is 0 Å². The highest BCUT2D eigenvalue weighted by molar-refractivity contribution is 4.79. The van der Waals surface area contributed by atoms with E-state index in [1.165, 1.54) is 38.8 Å². The molecule has 1 atom stereocenters. The van der Waals surface area contributed by atoms with Crippen LogP contribution in [0.1, 0.15) is 39.5 Å². The molecule has 1 heterocycles. The van der Waals surface area contributed by atoms with Gasteiger partial charge in [0, 0.05) is 12.6 Å². The zero-order valence-electron chi connectivity index (χ0n) is 9.00. The molecule has 1 unspecified atom stereocenters. The maximum Gasteiger partial charge on any atom is 0.0586 e. The van der Waals surface area contributed by atoms with Gasteiger partial charge in [-0.2, -0.15) is 0 Å². The van der Waals surface area contributed by atoms with E-state index in [0.717, 1.165) is 5.92 Å². The Kier molecular flexibility index (Phi) is 4.74. The molecule has 0 amide bonds. The molecule has 0 aromatic carbocycles. The smallest absolute Gasteiger partial charge is 0.0586 e. The normalized spacial score (nSPS) is 24.5. The zero-order chi connectivity index (χ0) is 9.68. The van der Waals surface area contributed by atoms with Gasteiger partial charge in [0.2, 0.25) is 0 Å². The van der Waals surface area contributed by atoms with Crippen LogP contribution in [-0.2, 0) is 0 Å². The average Bonchev–Trinajstić information content (AvgIpc) is 2.61. The highest BCUT2D eigenvalue weighted by Gasteiger charge is 2.24. The highest BCUT2D eigenvalue weighted by atomic mass is 16.3. The second-order valence-corrected chi connectivity index (χ2v) is 4.16. The van der Waals surface area contributed by atoms with E-state index in [0.29, 0.717) is 12.6 Å². The lowest BCUT2D eigenvalue weighted by molar-refractivity contribution is 0.140. The monoisotopic (exact) mass is 185 g/mol. The van der Waals surface area contributed by atoms with Gasteiger partial charge in [-0.05, 0) is 25.3 Å². The summed E-state index contributed by atoms with van der Waals surface area (Å²) in [6, 6.07) is 0.459. The van der Waals surface area contributed by atoms with E-state index in [2.05, 4.69) is 18.7 Å². The van der Waals surface area contributed by atoms with Gasteiger partial charge < -0.3 is 5.11 Å². The van der Waals surface area contributed by atoms with Crippen molar-refractivity contribution < 1.29 is 5.11 Å². The van der Waals surface area contributed by atoms with Crippen molar-refractivity contribution in [2.45, 2.75) is 45.6 Å². The molecular weight excluding hydrogens is 162 g/mol. The number of hydrogen-bond donors (Lipinski definition) is 1. The lowest BCUT2D eigenvalue weighted by atomic mass is 10.0. The fourth-order valence-corrected chi connectivity index (χ4v) is 2.22. The quantitative estimate of drug-likeness (QED) is 0.707. The van der Waals surface area contributed by atoms with Crippen molar-refractivity contribution in [1.29, 1.82) is 0 Å². The number of hydrogen-bond acceptors (Lipinski definition) is 2. The molecule has 1 rings (SSSR count). The Morgan fingerprint density at radius 1 is 1.38 bits per heavy atom. The van der Waals surface area contributed by atoms with Gasteiger partial charge in [0.05, 0.1) is 6.61 Å². The van der Waals surface area contributed by atoms with Crippen LogP contribution in [-0.4, -0.2) is 35.7 Å². The molecule has 0 aromatic heterocycles. The van der Waals surface area contributed by atoms with Crippen LogP contribution in [0.2, 0.25) is 0 Å². The Morgan fingerprint density at radius 2 is 2.08 bits per heavy atom. The molecule has 1 aliphatic heterocycles. The van der Waals surface area contributed by atoms with E-state index in [4.69, 9.17) is 5.11 Å². The van der Waals surface area contributed by atoms with Gasteiger partial charge in [0.1, 0.15) is 0 Å². The molecular formula is C11H23NO. The average molecular weight is 185 g/mol. The summed E-state index contributed by atoms with van der Waals surface area (Å²) in [5.74, 6) is 0.826. The van der Waals surface area contributed by atoms with Crippen LogP contribution in [0.4, 0.5) is 0 Å². The lowest BCUT2D eigenvalue weighted by Crippen LogP contribution is -2.35. The van der Waals surface area contributed by atoms with Crippen LogP contribution in [0, 0.1) is 5.92 Å². The summed E-state index contributed by atoms with van der Waals surface area (Å²) in [4.78, 5) is 2.47. The first-order valence-electron chi connectivity index (χ1n) is 5.66. The molecule has 78 valence electrons. The summed E-state index contributed by atoms with van der Waals surface area (Å²) in [5, 5.41) is 9.15. The van der Waals surface area contributed by atoms with Crippen molar-refractivity contribution in [3.8, 4) is 0 Å². The molecule has 2 heteroatoms. The zero-order valence-corrected chi connectivity index (χ0v) is 9.00. The molecule has 0 aliphatic carbocycles. The van der Waals surface area contributed by atoms with Gasteiger partial charge in [-0.15, -0.1) is 0 Å².